The van der Waals surface area contributed by atoms with Crippen LogP contribution in [0, 0.1) is 0 Å². The molecular weight excluding hydrogens is 456 g/mol. The van der Waals surface area contributed by atoms with Crippen molar-refractivity contribution in [1.82, 2.24) is 9.97 Å². The van der Waals surface area contributed by atoms with Gasteiger partial charge in [-0.25, -0.2) is 4.98 Å². The molecular formula is C25H24N2O4S2. The second kappa shape index (κ2) is 11.0. The number of hydrogen-bond acceptors (Lipinski definition) is 7. The minimum atomic E-state index is -0.231. The molecule has 0 aliphatic heterocycles. The van der Waals surface area contributed by atoms with E-state index >= 15 is 0 Å². The Bertz CT molecular complexity index is 1280. The summed E-state index contributed by atoms with van der Waals surface area (Å²) < 4.78 is 11.5. The van der Waals surface area contributed by atoms with Gasteiger partial charge in [-0.15, -0.1) is 11.3 Å². The summed E-state index contributed by atoms with van der Waals surface area (Å²) in [5.74, 6) is 1.31. The van der Waals surface area contributed by atoms with Crippen molar-refractivity contribution in [3.8, 4) is 17.4 Å². The molecule has 0 amide bonds. The number of nitrogens with zero attached hydrogens (tertiary/aromatic N) is 1. The maximum Gasteiger partial charge on any atom is 0.307 e. The van der Waals surface area contributed by atoms with E-state index in [0.29, 0.717) is 29.4 Å². The highest BCUT2D eigenvalue weighted by Crippen LogP contribution is 2.30. The van der Waals surface area contributed by atoms with Gasteiger partial charge in [-0.2, -0.15) is 0 Å². The molecule has 4 aromatic rings. The maximum atomic E-state index is 11.3. The summed E-state index contributed by atoms with van der Waals surface area (Å²) >= 11 is 2.63. The number of aromatic amines is 1. The second-order valence-corrected chi connectivity index (χ2v) is 9.29. The third-order valence-corrected chi connectivity index (χ3v) is 6.75. The fourth-order valence-electron chi connectivity index (χ4n) is 3.31. The monoisotopic (exact) mass is 480 g/mol. The summed E-state index contributed by atoms with van der Waals surface area (Å²) in [7, 11) is 1.62. The smallest absolute Gasteiger partial charge is 0.307 e. The summed E-state index contributed by atoms with van der Waals surface area (Å²) in [5, 5.41) is 12.6. The Morgan fingerprint density at radius 1 is 1.09 bits per heavy atom. The van der Waals surface area contributed by atoms with Gasteiger partial charge >= 0.3 is 4.87 Å². The molecule has 0 atom stereocenters. The first-order valence-electron chi connectivity index (χ1n) is 10.5. The fraction of sp³-hybridized carbons (Fsp3) is 0.200. The number of hydrogen-bond donors (Lipinski definition) is 2. The summed E-state index contributed by atoms with van der Waals surface area (Å²) in [6.07, 6.45) is 6.29. The number of benzene rings is 2. The molecule has 0 aliphatic carbocycles. The molecule has 6 nitrogen and oxygen atoms in total. The van der Waals surface area contributed by atoms with Crippen LogP contribution in [0.2, 0.25) is 0 Å². The topological polar surface area (TPSA) is 84.4 Å². The highest BCUT2D eigenvalue weighted by atomic mass is 32.1. The van der Waals surface area contributed by atoms with E-state index in [4.69, 9.17) is 9.47 Å². The number of aryl methyl sites for hydroxylation is 2. The van der Waals surface area contributed by atoms with Crippen molar-refractivity contribution in [1.29, 1.82) is 0 Å². The Kier molecular flexibility index (Phi) is 7.59. The third-order valence-electron chi connectivity index (χ3n) is 4.96. The maximum absolute atomic E-state index is 11.3. The molecule has 2 aromatic heterocycles. The Labute approximate surface area is 199 Å². The molecule has 0 aliphatic rings. The average molecular weight is 481 g/mol. The van der Waals surface area contributed by atoms with Crippen LogP contribution in [0.4, 0.5) is 0 Å². The van der Waals surface area contributed by atoms with Crippen LogP contribution < -0.4 is 14.3 Å². The van der Waals surface area contributed by atoms with E-state index in [1.165, 1.54) is 0 Å². The largest absolute Gasteiger partial charge is 0.494 e. The molecule has 0 saturated heterocycles. The van der Waals surface area contributed by atoms with Gasteiger partial charge in [0.2, 0.25) is 5.88 Å². The zero-order chi connectivity index (χ0) is 23.0. The number of nitrogens with one attached hydrogen (secondary N) is 1. The molecule has 2 aromatic carbocycles. The number of aromatic nitrogens is 2. The van der Waals surface area contributed by atoms with Crippen LogP contribution in [0.5, 0.6) is 17.4 Å². The Morgan fingerprint density at radius 3 is 2.70 bits per heavy atom. The van der Waals surface area contributed by atoms with Crippen LogP contribution in [0.3, 0.4) is 0 Å². The lowest BCUT2D eigenvalue weighted by Gasteiger charge is -2.11. The minimum absolute atomic E-state index is 0.0212. The average Bonchev–Trinajstić information content (AvgIpc) is 3.42. The molecule has 170 valence electrons. The summed E-state index contributed by atoms with van der Waals surface area (Å²) in [5.41, 5.74) is 3.10. The van der Waals surface area contributed by atoms with Gasteiger partial charge in [0.1, 0.15) is 11.6 Å². The van der Waals surface area contributed by atoms with Crippen molar-refractivity contribution in [2.24, 2.45) is 0 Å². The highest BCUT2D eigenvalue weighted by molar-refractivity contribution is 7.10. The number of ether oxygens (including phenoxy) is 2. The molecule has 33 heavy (non-hydrogen) atoms. The van der Waals surface area contributed by atoms with Crippen molar-refractivity contribution in [2.75, 3.05) is 7.11 Å². The number of thiazole rings is 2. The van der Waals surface area contributed by atoms with Crippen LogP contribution in [-0.4, -0.2) is 22.2 Å². The van der Waals surface area contributed by atoms with Crippen LogP contribution in [0.1, 0.15) is 33.1 Å². The lowest BCUT2D eigenvalue weighted by Crippen LogP contribution is -1.99. The van der Waals surface area contributed by atoms with E-state index in [-0.39, 0.29) is 10.8 Å². The molecule has 2 heterocycles. The molecule has 0 unspecified atom stereocenters. The normalized spacial score (nSPS) is 11.2. The number of rotatable bonds is 10. The van der Waals surface area contributed by atoms with Gasteiger partial charge in [0.15, 0.2) is 11.5 Å². The summed E-state index contributed by atoms with van der Waals surface area (Å²) in [6, 6.07) is 16.0. The van der Waals surface area contributed by atoms with Crippen LogP contribution >= 0.6 is 22.7 Å². The van der Waals surface area contributed by atoms with Gasteiger partial charge in [-0.05, 0) is 48.6 Å². The third kappa shape index (κ3) is 6.34. The van der Waals surface area contributed by atoms with E-state index in [1.807, 2.05) is 53.9 Å². The predicted molar refractivity (Wildman–Crippen MR) is 133 cm³/mol. The van der Waals surface area contributed by atoms with Crippen molar-refractivity contribution in [2.45, 2.75) is 25.9 Å². The zero-order valence-electron chi connectivity index (χ0n) is 18.1. The van der Waals surface area contributed by atoms with E-state index in [1.54, 1.807) is 18.4 Å². The molecule has 8 heteroatoms. The standard InChI is InChI=1S/C25H24N2O4S2/c1-30-21-14-18(8-5-9-22-24(28)27-25(29)33-22)10-12-20(21)31-15-19-16-32-23(26-19)13-11-17-6-3-2-4-7-17/h2-4,6-7,10-14,16,28H,5,8-9,15H2,1H3,(H,27,29). The molecule has 4 rings (SSSR count). The van der Waals surface area contributed by atoms with Gasteiger partial charge in [-0.1, -0.05) is 53.8 Å². The van der Waals surface area contributed by atoms with E-state index in [0.717, 1.165) is 46.0 Å². The molecule has 0 radical (unpaired) electrons. The summed E-state index contributed by atoms with van der Waals surface area (Å²) in [4.78, 5) is 18.8. The molecule has 2 N–H and O–H groups in total. The first kappa shape index (κ1) is 22.8. The molecule has 0 saturated carbocycles. The van der Waals surface area contributed by atoms with Crippen molar-refractivity contribution in [3.63, 3.8) is 0 Å². The second-order valence-electron chi connectivity index (χ2n) is 7.33. The Hall–Kier alpha value is -3.36. The molecule has 0 fully saturated rings. The quantitative estimate of drug-likeness (QED) is 0.312. The highest BCUT2D eigenvalue weighted by Gasteiger charge is 2.10. The van der Waals surface area contributed by atoms with E-state index < -0.39 is 0 Å². The number of aromatic hydroxyl groups is 1. The predicted octanol–water partition coefficient (Wildman–Crippen LogP) is 5.53. The first-order valence-corrected chi connectivity index (χ1v) is 12.2. The van der Waals surface area contributed by atoms with Crippen LogP contribution in [0.15, 0.2) is 58.7 Å². The van der Waals surface area contributed by atoms with E-state index in [9.17, 15) is 9.90 Å². The first-order chi connectivity index (χ1) is 16.1. The van der Waals surface area contributed by atoms with Gasteiger partial charge in [0.05, 0.1) is 17.7 Å². The van der Waals surface area contributed by atoms with Crippen molar-refractivity contribution >= 4 is 34.8 Å². The zero-order valence-corrected chi connectivity index (χ0v) is 19.7. The molecule has 0 bridgehead atoms. The lowest BCUT2D eigenvalue weighted by molar-refractivity contribution is 0.281. The van der Waals surface area contributed by atoms with Crippen molar-refractivity contribution < 1.29 is 14.6 Å². The van der Waals surface area contributed by atoms with Gasteiger partial charge < -0.3 is 14.6 Å². The van der Waals surface area contributed by atoms with Gasteiger partial charge in [-0.3, -0.25) is 9.78 Å². The van der Waals surface area contributed by atoms with Gasteiger partial charge in [0.25, 0.3) is 0 Å². The molecule has 0 spiro atoms. The van der Waals surface area contributed by atoms with Crippen molar-refractivity contribution in [3.05, 3.63) is 90.3 Å². The lowest BCUT2D eigenvalue weighted by atomic mass is 10.1. The van der Waals surface area contributed by atoms with Crippen LogP contribution in [-0.2, 0) is 19.4 Å². The summed E-state index contributed by atoms with van der Waals surface area (Å²) in [6.45, 7) is 0.358. The van der Waals surface area contributed by atoms with Crippen LogP contribution in [0.25, 0.3) is 12.2 Å². The SMILES string of the molecule is COc1cc(CCCc2sc(=O)[nH]c2O)ccc1OCc1csc(C=Cc2ccccc2)n1. The minimum Gasteiger partial charge on any atom is -0.494 e. The number of methoxy groups -OCH3 is 1. The Morgan fingerprint density at radius 2 is 1.94 bits per heavy atom. The van der Waals surface area contributed by atoms with E-state index in [2.05, 4.69) is 22.1 Å². The fourth-order valence-corrected chi connectivity index (χ4v) is 4.77. The Balaban J connectivity index is 1.32. The number of H-pyrrole nitrogens is 1. The van der Waals surface area contributed by atoms with Gasteiger partial charge in [0, 0.05) is 5.38 Å².